The van der Waals surface area contributed by atoms with Crippen LogP contribution in [0.5, 0.6) is 0 Å². The first-order valence-corrected chi connectivity index (χ1v) is 7.14. The molecule has 0 saturated heterocycles. The van der Waals surface area contributed by atoms with Gasteiger partial charge in [0, 0.05) is 19.6 Å². The standard InChI is InChI=1S/C14H24ClN3O/c1-5-12-14(15)13(18(6-2)17-12)9-16-7-8-19-10-11(3)4/h16H,3,5-10H2,1-2,4H3. The van der Waals surface area contributed by atoms with Gasteiger partial charge in [0.05, 0.1) is 29.6 Å². The molecule has 0 bridgehead atoms. The van der Waals surface area contributed by atoms with E-state index >= 15 is 0 Å². The molecule has 4 nitrogen and oxygen atoms in total. The summed E-state index contributed by atoms with van der Waals surface area (Å²) < 4.78 is 7.39. The monoisotopic (exact) mass is 285 g/mol. The summed E-state index contributed by atoms with van der Waals surface area (Å²) in [4.78, 5) is 0. The number of rotatable bonds is 9. The van der Waals surface area contributed by atoms with Crippen LogP contribution in [-0.4, -0.2) is 29.5 Å². The Morgan fingerprint density at radius 2 is 2.21 bits per heavy atom. The van der Waals surface area contributed by atoms with Crippen LogP contribution < -0.4 is 5.32 Å². The molecule has 1 N–H and O–H groups in total. The molecule has 0 aliphatic rings. The minimum atomic E-state index is 0.620. The van der Waals surface area contributed by atoms with E-state index in [0.717, 1.165) is 48.0 Å². The van der Waals surface area contributed by atoms with E-state index in [2.05, 4.69) is 30.8 Å². The maximum atomic E-state index is 6.32. The van der Waals surface area contributed by atoms with Crippen molar-refractivity contribution in [2.75, 3.05) is 19.8 Å². The van der Waals surface area contributed by atoms with Gasteiger partial charge in [-0.25, -0.2) is 0 Å². The summed E-state index contributed by atoms with van der Waals surface area (Å²) in [6.45, 7) is 13.5. The Hall–Kier alpha value is -0.840. The molecule has 1 aromatic heterocycles. The first-order valence-electron chi connectivity index (χ1n) is 6.77. The van der Waals surface area contributed by atoms with E-state index < -0.39 is 0 Å². The van der Waals surface area contributed by atoms with Gasteiger partial charge in [-0.3, -0.25) is 4.68 Å². The highest BCUT2D eigenvalue weighted by atomic mass is 35.5. The predicted molar refractivity (Wildman–Crippen MR) is 79.6 cm³/mol. The van der Waals surface area contributed by atoms with Crippen LogP contribution in [0.15, 0.2) is 12.2 Å². The molecule has 0 radical (unpaired) electrons. The molecule has 5 heteroatoms. The zero-order valence-corrected chi connectivity index (χ0v) is 12.9. The fourth-order valence-corrected chi connectivity index (χ4v) is 2.12. The maximum Gasteiger partial charge on any atom is 0.0863 e. The molecule has 0 aliphatic carbocycles. The Labute approximate surface area is 120 Å². The topological polar surface area (TPSA) is 39.1 Å². The number of aryl methyl sites for hydroxylation is 2. The van der Waals surface area contributed by atoms with Crippen molar-refractivity contribution in [1.29, 1.82) is 0 Å². The Morgan fingerprint density at radius 1 is 1.47 bits per heavy atom. The first kappa shape index (κ1) is 16.2. The summed E-state index contributed by atoms with van der Waals surface area (Å²) in [5, 5.41) is 8.61. The van der Waals surface area contributed by atoms with Crippen LogP contribution >= 0.6 is 11.6 Å². The molecule has 1 heterocycles. The predicted octanol–water partition coefficient (Wildman–Crippen LogP) is 2.80. The van der Waals surface area contributed by atoms with Gasteiger partial charge >= 0.3 is 0 Å². The highest BCUT2D eigenvalue weighted by molar-refractivity contribution is 6.31. The van der Waals surface area contributed by atoms with Gasteiger partial charge in [-0.05, 0) is 20.3 Å². The van der Waals surface area contributed by atoms with E-state index in [-0.39, 0.29) is 0 Å². The second-order valence-electron chi connectivity index (χ2n) is 4.56. The fraction of sp³-hybridized carbons (Fsp3) is 0.643. The molecular weight excluding hydrogens is 262 g/mol. The Balaban J connectivity index is 2.40. The largest absolute Gasteiger partial charge is 0.376 e. The molecule has 0 amide bonds. The molecule has 1 rings (SSSR count). The molecule has 0 unspecified atom stereocenters. The SMILES string of the molecule is C=C(C)COCCNCc1c(Cl)c(CC)nn1CC. The lowest BCUT2D eigenvalue weighted by Crippen LogP contribution is -2.21. The zero-order valence-electron chi connectivity index (χ0n) is 12.1. The van der Waals surface area contributed by atoms with Crippen molar-refractivity contribution in [3.05, 3.63) is 28.6 Å². The molecular formula is C14H24ClN3O. The third kappa shape index (κ3) is 4.97. The van der Waals surface area contributed by atoms with E-state index in [1.54, 1.807) is 0 Å². The Kier molecular flexibility index (Phi) is 7.13. The van der Waals surface area contributed by atoms with E-state index in [4.69, 9.17) is 16.3 Å². The van der Waals surface area contributed by atoms with Crippen molar-refractivity contribution >= 4 is 11.6 Å². The molecule has 0 saturated carbocycles. The summed E-state index contributed by atoms with van der Waals surface area (Å²) in [5.74, 6) is 0. The molecule has 1 aromatic rings. The molecule has 19 heavy (non-hydrogen) atoms. The number of halogens is 1. The van der Waals surface area contributed by atoms with E-state index in [1.165, 1.54) is 0 Å². The van der Waals surface area contributed by atoms with E-state index in [1.807, 2.05) is 11.6 Å². The van der Waals surface area contributed by atoms with Crippen LogP contribution in [0.2, 0.25) is 5.02 Å². The lowest BCUT2D eigenvalue weighted by Gasteiger charge is -2.08. The molecule has 0 spiro atoms. The van der Waals surface area contributed by atoms with Gasteiger partial charge < -0.3 is 10.1 Å². The summed E-state index contributed by atoms with van der Waals surface area (Å²) in [6.07, 6.45) is 0.862. The number of nitrogens with zero attached hydrogens (tertiary/aromatic N) is 2. The van der Waals surface area contributed by atoms with Crippen molar-refractivity contribution in [1.82, 2.24) is 15.1 Å². The molecule has 0 fully saturated rings. The van der Waals surface area contributed by atoms with Crippen molar-refractivity contribution in [2.45, 2.75) is 40.3 Å². The van der Waals surface area contributed by atoms with Crippen LogP contribution in [0.4, 0.5) is 0 Å². The number of hydrogen-bond acceptors (Lipinski definition) is 3. The lowest BCUT2D eigenvalue weighted by atomic mass is 10.3. The van der Waals surface area contributed by atoms with E-state index in [9.17, 15) is 0 Å². The minimum Gasteiger partial charge on any atom is -0.376 e. The van der Waals surface area contributed by atoms with Crippen LogP contribution in [-0.2, 0) is 24.2 Å². The van der Waals surface area contributed by atoms with Crippen molar-refractivity contribution < 1.29 is 4.74 Å². The van der Waals surface area contributed by atoms with Gasteiger partial charge in [0.1, 0.15) is 0 Å². The highest BCUT2D eigenvalue weighted by Gasteiger charge is 2.13. The van der Waals surface area contributed by atoms with Gasteiger partial charge in [0.2, 0.25) is 0 Å². The van der Waals surface area contributed by atoms with Crippen LogP contribution in [0.1, 0.15) is 32.2 Å². The van der Waals surface area contributed by atoms with Crippen molar-refractivity contribution in [3.8, 4) is 0 Å². The molecule has 108 valence electrons. The average molecular weight is 286 g/mol. The maximum absolute atomic E-state index is 6.32. The molecule has 0 aliphatic heterocycles. The quantitative estimate of drug-likeness (QED) is 0.560. The Morgan fingerprint density at radius 3 is 2.79 bits per heavy atom. The number of ether oxygens (including phenoxy) is 1. The number of aromatic nitrogens is 2. The highest BCUT2D eigenvalue weighted by Crippen LogP contribution is 2.21. The third-order valence-electron chi connectivity index (χ3n) is 2.76. The van der Waals surface area contributed by atoms with Gasteiger partial charge in [0.25, 0.3) is 0 Å². The van der Waals surface area contributed by atoms with E-state index in [0.29, 0.717) is 13.2 Å². The van der Waals surface area contributed by atoms with Gasteiger partial charge in [-0.1, -0.05) is 30.7 Å². The summed E-state index contributed by atoms with van der Waals surface area (Å²) in [7, 11) is 0. The van der Waals surface area contributed by atoms with Crippen LogP contribution in [0, 0.1) is 0 Å². The smallest absolute Gasteiger partial charge is 0.0863 e. The second-order valence-corrected chi connectivity index (χ2v) is 4.94. The number of nitrogens with one attached hydrogen (secondary N) is 1. The van der Waals surface area contributed by atoms with Crippen LogP contribution in [0.25, 0.3) is 0 Å². The molecule has 0 atom stereocenters. The second kappa shape index (κ2) is 8.35. The fourth-order valence-electron chi connectivity index (χ4n) is 1.78. The minimum absolute atomic E-state index is 0.620. The van der Waals surface area contributed by atoms with Gasteiger partial charge in [0.15, 0.2) is 0 Å². The number of hydrogen-bond donors (Lipinski definition) is 1. The van der Waals surface area contributed by atoms with Crippen molar-refractivity contribution in [2.24, 2.45) is 0 Å². The van der Waals surface area contributed by atoms with Crippen molar-refractivity contribution in [3.63, 3.8) is 0 Å². The third-order valence-corrected chi connectivity index (χ3v) is 3.19. The van der Waals surface area contributed by atoms with Crippen LogP contribution in [0.3, 0.4) is 0 Å². The lowest BCUT2D eigenvalue weighted by molar-refractivity contribution is 0.157. The zero-order chi connectivity index (χ0) is 14.3. The normalized spacial score (nSPS) is 10.9. The summed E-state index contributed by atoms with van der Waals surface area (Å²) in [5.41, 5.74) is 3.07. The first-order chi connectivity index (χ1) is 9.10. The summed E-state index contributed by atoms with van der Waals surface area (Å²) >= 11 is 6.32. The summed E-state index contributed by atoms with van der Waals surface area (Å²) in [6, 6.07) is 0. The average Bonchev–Trinajstić information content (AvgIpc) is 2.69. The van der Waals surface area contributed by atoms with Gasteiger partial charge in [-0.2, -0.15) is 5.10 Å². The van der Waals surface area contributed by atoms with Gasteiger partial charge in [-0.15, -0.1) is 0 Å². The molecule has 0 aromatic carbocycles. The Bertz CT molecular complexity index is 415.